The maximum Gasteiger partial charge on any atom is 0.320 e. The van der Waals surface area contributed by atoms with Gasteiger partial charge in [-0.1, -0.05) is 12.8 Å². The van der Waals surface area contributed by atoms with Crippen LogP contribution in [0.4, 0.5) is 0 Å². The van der Waals surface area contributed by atoms with Crippen molar-refractivity contribution in [3.63, 3.8) is 0 Å². The zero-order chi connectivity index (χ0) is 14.6. The van der Waals surface area contributed by atoms with Crippen LogP contribution in [0.3, 0.4) is 0 Å². The van der Waals surface area contributed by atoms with E-state index in [2.05, 4.69) is 0 Å². The zero-order valence-electron chi connectivity index (χ0n) is 12.8. The first-order valence-corrected chi connectivity index (χ1v) is 7.08. The summed E-state index contributed by atoms with van der Waals surface area (Å²) in [6.45, 7) is 5.82. The Kier molecular flexibility index (Phi) is 8.13. The molecule has 0 aromatic rings. The standard InChI is InChI=1S/C14H26N2O3.ClH/c1-10(2)16(12-7-5-6-8-12)13(17)9-15(4)11(3)14(18)19;/h10-12H,5-9H2,1-4H3,(H,18,19);1H. The molecule has 1 saturated carbocycles. The highest BCUT2D eigenvalue weighted by molar-refractivity contribution is 5.85. The Bertz CT molecular complexity index is 330. The number of hydrogen-bond donors (Lipinski definition) is 1. The zero-order valence-corrected chi connectivity index (χ0v) is 13.7. The molecule has 1 fully saturated rings. The molecule has 1 atom stereocenters. The van der Waals surface area contributed by atoms with E-state index >= 15 is 0 Å². The molecule has 0 heterocycles. The lowest BCUT2D eigenvalue weighted by molar-refractivity contribution is -0.144. The van der Waals surface area contributed by atoms with E-state index in [1.54, 1.807) is 18.9 Å². The third kappa shape index (κ3) is 4.94. The highest BCUT2D eigenvalue weighted by atomic mass is 35.5. The van der Waals surface area contributed by atoms with E-state index in [4.69, 9.17) is 5.11 Å². The van der Waals surface area contributed by atoms with Crippen molar-refractivity contribution >= 4 is 24.3 Å². The van der Waals surface area contributed by atoms with Gasteiger partial charge in [-0.2, -0.15) is 0 Å². The fraction of sp³-hybridized carbons (Fsp3) is 0.857. The van der Waals surface area contributed by atoms with Gasteiger partial charge in [0.05, 0.1) is 6.54 Å². The van der Waals surface area contributed by atoms with Crippen LogP contribution < -0.4 is 0 Å². The fourth-order valence-corrected chi connectivity index (χ4v) is 2.72. The van der Waals surface area contributed by atoms with E-state index in [1.165, 1.54) is 12.8 Å². The second-order valence-corrected chi connectivity index (χ2v) is 5.76. The van der Waals surface area contributed by atoms with E-state index in [9.17, 15) is 9.59 Å². The molecule has 1 aliphatic carbocycles. The van der Waals surface area contributed by atoms with Crippen LogP contribution in [-0.4, -0.2) is 58.5 Å². The molecule has 1 unspecified atom stereocenters. The van der Waals surface area contributed by atoms with Gasteiger partial charge >= 0.3 is 5.97 Å². The Morgan fingerprint density at radius 3 is 2.10 bits per heavy atom. The van der Waals surface area contributed by atoms with Gasteiger partial charge in [0.25, 0.3) is 0 Å². The number of carbonyl (C=O) groups is 2. The molecule has 0 aromatic heterocycles. The van der Waals surface area contributed by atoms with Crippen LogP contribution >= 0.6 is 12.4 Å². The summed E-state index contributed by atoms with van der Waals surface area (Å²) in [5.41, 5.74) is 0. The Labute approximate surface area is 127 Å². The van der Waals surface area contributed by atoms with Crippen LogP contribution in [0.1, 0.15) is 46.5 Å². The van der Waals surface area contributed by atoms with Crippen LogP contribution in [0.15, 0.2) is 0 Å². The van der Waals surface area contributed by atoms with Gasteiger partial charge in [-0.25, -0.2) is 0 Å². The molecule has 0 aromatic carbocycles. The van der Waals surface area contributed by atoms with Crippen LogP contribution in [0.5, 0.6) is 0 Å². The first-order chi connectivity index (χ1) is 8.84. The van der Waals surface area contributed by atoms with Gasteiger partial charge in [-0.05, 0) is 40.7 Å². The van der Waals surface area contributed by atoms with Gasteiger partial charge in [0.15, 0.2) is 0 Å². The maximum atomic E-state index is 12.4. The lowest BCUT2D eigenvalue weighted by Crippen LogP contribution is -2.49. The molecule has 1 aliphatic rings. The summed E-state index contributed by atoms with van der Waals surface area (Å²) in [7, 11) is 1.68. The van der Waals surface area contributed by atoms with E-state index in [1.807, 2.05) is 18.7 Å². The number of carboxylic acids is 1. The second-order valence-electron chi connectivity index (χ2n) is 5.76. The van der Waals surface area contributed by atoms with Crippen LogP contribution in [0.2, 0.25) is 0 Å². The summed E-state index contributed by atoms with van der Waals surface area (Å²) in [4.78, 5) is 26.9. The monoisotopic (exact) mass is 306 g/mol. The lowest BCUT2D eigenvalue weighted by atomic mass is 10.1. The minimum absolute atomic E-state index is 0. The molecule has 1 amide bonds. The number of carbonyl (C=O) groups excluding carboxylic acids is 1. The van der Waals surface area contributed by atoms with Crippen molar-refractivity contribution in [2.45, 2.75) is 64.6 Å². The van der Waals surface area contributed by atoms with Crippen molar-refractivity contribution in [3.05, 3.63) is 0 Å². The molecule has 0 aliphatic heterocycles. The van der Waals surface area contributed by atoms with Gasteiger partial charge < -0.3 is 10.0 Å². The summed E-state index contributed by atoms with van der Waals surface area (Å²) in [5, 5.41) is 8.96. The summed E-state index contributed by atoms with van der Waals surface area (Å²) in [6, 6.07) is -0.133. The summed E-state index contributed by atoms with van der Waals surface area (Å²) >= 11 is 0. The lowest BCUT2D eigenvalue weighted by Gasteiger charge is -2.34. The van der Waals surface area contributed by atoms with Crippen LogP contribution in [-0.2, 0) is 9.59 Å². The van der Waals surface area contributed by atoms with E-state index < -0.39 is 12.0 Å². The second kappa shape index (κ2) is 8.47. The number of nitrogens with zero attached hydrogens (tertiary/aromatic N) is 2. The van der Waals surface area contributed by atoms with Crippen molar-refractivity contribution in [2.75, 3.05) is 13.6 Å². The summed E-state index contributed by atoms with van der Waals surface area (Å²) in [6.07, 6.45) is 4.51. The Morgan fingerprint density at radius 1 is 1.20 bits per heavy atom. The molecule has 0 spiro atoms. The number of amides is 1. The number of rotatable bonds is 6. The molecule has 118 valence electrons. The summed E-state index contributed by atoms with van der Waals surface area (Å²) in [5.74, 6) is -0.857. The molecule has 0 saturated heterocycles. The average molecular weight is 307 g/mol. The molecule has 20 heavy (non-hydrogen) atoms. The van der Waals surface area contributed by atoms with Crippen molar-refractivity contribution < 1.29 is 14.7 Å². The van der Waals surface area contributed by atoms with Crippen molar-refractivity contribution in [1.82, 2.24) is 9.80 Å². The molecular weight excluding hydrogens is 280 g/mol. The molecule has 5 nitrogen and oxygen atoms in total. The largest absolute Gasteiger partial charge is 0.480 e. The number of likely N-dealkylation sites (N-methyl/N-ethyl adjacent to an activating group) is 1. The highest BCUT2D eigenvalue weighted by Gasteiger charge is 2.30. The van der Waals surface area contributed by atoms with Crippen LogP contribution in [0.25, 0.3) is 0 Å². The predicted octanol–water partition coefficient (Wildman–Crippen LogP) is 1.99. The van der Waals surface area contributed by atoms with Gasteiger partial charge in [-0.3, -0.25) is 14.5 Å². The Hall–Kier alpha value is -0.810. The normalized spacial score (nSPS) is 17.1. The minimum Gasteiger partial charge on any atom is -0.480 e. The van der Waals surface area contributed by atoms with E-state index in [0.29, 0.717) is 6.04 Å². The third-order valence-electron chi connectivity index (χ3n) is 3.97. The van der Waals surface area contributed by atoms with Gasteiger partial charge in [0.2, 0.25) is 5.91 Å². The maximum absolute atomic E-state index is 12.4. The average Bonchev–Trinajstić information content (AvgIpc) is 2.80. The molecular formula is C14H27ClN2O3. The Balaban J connectivity index is 0.00000361. The van der Waals surface area contributed by atoms with Crippen molar-refractivity contribution in [2.24, 2.45) is 0 Å². The van der Waals surface area contributed by atoms with Gasteiger partial charge in [0.1, 0.15) is 6.04 Å². The van der Waals surface area contributed by atoms with Crippen molar-refractivity contribution in [1.29, 1.82) is 0 Å². The first kappa shape index (κ1) is 19.2. The highest BCUT2D eigenvalue weighted by Crippen LogP contribution is 2.25. The molecule has 0 bridgehead atoms. The number of carboxylic acid groups (broad SMARTS) is 1. The van der Waals surface area contributed by atoms with E-state index in [0.717, 1.165) is 12.8 Å². The predicted molar refractivity (Wildman–Crippen MR) is 81.2 cm³/mol. The number of hydrogen-bond acceptors (Lipinski definition) is 3. The number of halogens is 1. The third-order valence-corrected chi connectivity index (χ3v) is 3.97. The molecule has 6 heteroatoms. The topological polar surface area (TPSA) is 60.9 Å². The first-order valence-electron chi connectivity index (χ1n) is 7.08. The molecule has 0 radical (unpaired) electrons. The van der Waals surface area contributed by atoms with Gasteiger partial charge in [-0.15, -0.1) is 12.4 Å². The fourth-order valence-electron chi connectivity index (χ4n) is 2.72. The number of aliphatic carboxylic acids is 1. The Morgan fingerprint density at radius 2 is 1.70 bits per heavy atom. The van der Waals surface area contributed by atoms with Crippen LogP contribution in [0, 0.1) is 0 Å². The van der Waals surface area contributed by atoms with Gasteiger partial charge in [0, 0.05) is 12.1 Å². The van der Waals surface area contributed by atoms with E-state index in [-0.39, 0.29) is 30.9 Å². The smallest absolute Gasteiger partial charge is 0.320 e. The quantitative estimate of drug-likeness (QED) is 0.815. The van der Waals surface area contributed by atoms with Crippen molar-refractivity contribution in [3.8, 4) is 0 Å². The minimum atomic E-state index is -0.896. The SMILES string of the molecule is CC(C(=O)O)N(C)CC(=O)N(C(C)C)C1CCCC1.Cl. The molecule has 1 rings (SSSR count). The summed E-state index contributed by atoms with van der Waals surface area (Å²) < 4.78 is 0. The molecule has 1 N–H and O–H groups in total.